The zero-order valence-corrected chi connectivity index (χ0v) is 16.5. The van der Waals surface area contributed by atoms with Crippen molar-refractivity contribution < 1.29 is 0 Å². The first-order valence-corrected chi connectivity index (χ1v) is 9.80. The number of aromatic nitrogens is 3. The first-order valence-electron chi connectivity index (χ1n) is 9.80. The highest BCUT2D eigenvalue weighted by atomic mass is 16.1. The number of rotatable bonds is 9. The third-order valence-electron chi connectivity index (χ3n) is 4.61. The molecule has 6 heteroatoms. The Morgan fingerprint density at radius 3 is 2.61 bits per heavy atom. The van der Waals surface area contributed by atoms with E-state index in [2.05, 4.69) is 56.4 Å². The Hall–Kier alpha value is -3.15. The maximum Gasteiger partial charge on any atom is 0.251 e. The summed E-state index contributed by atoms with van der Waals surface area (Å²) in [7, 11) is 0. The lowest BCUT2D eigenvalue weighted by molar-refractivity contribution is 0.767. The molecule has 1 aromatic carbocycles. The molecule has 0 fully saturated rings. The highest BCUT2D eigenvalue weighted by Crippen LogP contribution is 2.16. The van der Waals surface area contributed by atoms with Gasteiger partial charge < -0.3 is 15.2 Å². The zero-order chi connectivity index (χ0) is 19.8. The Morgan fingerprint density at radius 2 is 1.93 bits per heavy atom. The van der Waals surface area contributed by atoms with Crippen molar-refractivity contribution in [3.05, 3.63) is 70.8 Å². The van der Waals surface area contributed by atoms with E-state index < -0.39 is 0 Å². The molecule has 0 amide bonds. The van der Waals surface area contributed by atoms with Gasteiger partial charge in [0.1, 0.15) is 11.6 Å². The fraction of sp³-hybridized carbons (Fsp3) is 0.318. The molecule has 6 nitrogen and oxygen atoms in total. The van der Waals surface area contributed by atoms with E-state index in [1.807, 2.05) is 25.1 Å². The first-order chi connectivity index (χ1) is 13.7. The number of aromatic amines is 1. The van der Waals surface area contributed by atoms with Crippen LogP contribution in [0.4, 0.5) is 11.5 Å². The van der Waals surface area contributed by atoms with Gasteiger partial charge in [0.05, 0.1) is 0 Å². The Balaban J connectivity index is 1.53. The van der Waals surface area contributed by atoms with E-state index in [1.54, 1.807) is 6.20 Å². The van der Waals surface area contributed by atoms with Crippen LogP contribution in [0, 0.1) is 0 Å². The van der Waals surface area contributed by atoms with Gasteiger partial charge in [-0.2, -0.15) is 0 Å². The van der Waals surface area contributed by atoms with Gasteiger partial charge in [-0.3, -0.25) is 4.79 Å². The van der Waals surface area contributed by atoms with E-state index in [-0.39, 0.29) is 5.56 Å². The molecule has 0 aliphatic heterocycles. The number of pyridine rings is 1. The molecule has 146 valence electrons. The fourth-order valence-electron chi connectivity index (χ4n) is 3.06. The van der Waals surface area contributed by atoms with Gasteiger partial charge in [-0.1, -0.05) is 25.1 Å². The smallest absolute Gasteiger partial charge is 0.251 e. The summed E-state index contributed by atoms with van der Waals surface area (Å²) in [5.41, 5.74) is 2.70. The number of anilines is 2. The van der Waals surface area contributed by atoms with Gasteiger partial charge in [0, 0.05) is 48.8 Å². The van der Waals surface area contributed by atoms with Crippen LogP contribution in [0.25, 0.3) is 11.4 Å². The largest absolute Gasteiger partial charge is 0.372 e. The summed E-state index contributed by atoms with van der Waals surface area (Å²) in [6.45, 7) is 6.97. The van der Waals surface area contributed by atoms with Gasteiger partial charge in [-0.25, -0.2) is 9.97 Å². The maximum absolute atomic E-state index is 11.7. The molecular weight excluding hydrogens is 350 g/mol. The molecule has 0 radical (unpaired) electrons. The van der Waals surface area contributed by atoms with Gasteiger partial charge in [0.25, 0.3) is 5.56 Å². The van der Waals surface area contributed by atoms with E-state index >= 15 is 0 Å². The summed E-state index contributed by atoms with van der Waals surface area (Å²) in [4.78, 5) is 25.8. The minimum absolute atomic E-state index is 0.136. The van der Waals surface area contributed by atoms with Crippen molar-refractivity contribution in [2.45, 2.75) is 26.7 Å². The van der Waals surface area contributed by atoms with Crippen LogP contribution in [0.2, 0.25) is 0 Å². The molecule has 0 aliphatic rings. The fourth-order valence-corrected chi connectivity index (χ4v) is 3.06. The van der Waals surface area contributed by atoms with Crippen molar-refractivity contribution >= 4 is 11.5 Å². The van der Waals surface area contributed by atoms with Crippen LogP contribution in [-0.4, -0.2) is 34.6 Å². The van der Waals surface area contributed by atoms with E-state index in [4.69, 9.17) is 0 Å². The third kappa shape index (κ3) is 5.19. The lowest BCUT2D eigenvalue weighted by Crippen LogP contribution is -2.25. The summed E-state index contributed by atoms with van der Waals surface area (Å²) in [6.07, 6.45) is 3.48. The van der Waals surface area contributed by atoms with Crippen molar-refractivity contribution in [1.82, 2.24) is 15.0 Å². The SMILES string of the molecule is CCc1cc(=O)[nH]c(-c2ccc(NCCCN(CC)c3ccccc3)nc2)n1. The molecule has 2 N–H and O–H groups in total. The molecule has 28 heavy (non-hydrogen) atoms. The van der Waals surface area contributed by atoms with Gasteiger partial charge in [-0.05, 0) is 44.0 Å². The molecule has 0 atom stereocenters. The summed E-state index contributed by atoms with van der Waals surface area (Å²) in [5.74, 6) is 1.38. The molecule has 3 aromatic rings. The van der Waals surface area contributed by atoms with Crippen molar-refractivity contribution in [3.8, 4) is 11.4 Å². The monoisotopic (exact) mass is 377 g/mol. The lowest BCUT2D eigenvalue weighted by Gasteiger charge is -2.23. The first kappa shape index (κ1) is 19.6. The molecule has 2 heterocycles. The van der Waals surface area contributed by atoms with Gasteiger partial charge in [0.2, 0.25) is 0 Å². The van der Waals surface area contributed by atoms with Crippen molar-refractivity contribution in [1.29, 1.82) is 0 Å². The number of para-hydroxylation sites is 1. The number of nitrogens with zero attached hydrogens (tertiary/aromatic N) is 3. The molecule has 2 aromatic heterocycles. The molecule has 0 unspecified atom stereocenters. The van der Waals surface area contributed by atoms with Crippen molar-refractivity contribution in [2.24, 2.45) is 0 Å². The number of benzene rings is 1. The second kappa shape index (κ2) is 9.69. The number of hydrogen-bond donors (Lipinski definition) is 2. The maximum atomic E-state index is 11.7. The summed E-state index contributed by atoms with van der Waals surface area (Å²) < 4.78 is 0. The molecule has 0 aliphatic carbocycles. The second-order valence-electron chi connectivity index (χ2n) is 6.57. The Bertz CT molecular complexity index is 922. The van der Waals surface area contributed by atoms with Crippen LogP contribution < -0.4 is 15.8 Å². The summed E-state index contributed by atoms with van der Waals surface area (Å²) in [6, 6.07) is 15.8. The zero-order valence-electron chi connectivity index (χ0n) is 16.5. The number of aryl methyl sites for hydroxylation is 1. The van der Waals surface area contributed by atoms with Crippen molar-refractivity contribution in [3.63, 3.8) is 0 Å². The van der Waals surface area contributed by atoms with Crippen LogP contribution in [-0.2, 0) is 6.42 Å². The number of nitrogens with one attached hydrogen (secondary N) is 2. The normalized spacial score (nSPS) is 10.6. The van der Waals surface area contributed by atoms with Gasteiger partial charge in [0.15, 0.2) is 0 Å². The predicted octanol–water partition coefficient (Wildman–Crippen LogP) is 3.72. The summed E-state index contributed by atoms with van der Waals surface area (Å²) >= 11 is 0. The Kier molecular flexibility index (Phi) is 6.78. The lowest BCUT2D eigenvalue weighted by atomic mass is 10.2. The van der Waals surface area contributed by atoms with E-state index in [0.29, 0.717) is 5.82 Å². The third-order valence-corrected chi connectivity index (χ3v) is 4.61. The topological polar surface area (TPSA) is 73.9 Å². The number of H-pyrrole nitrogens is 1. The Morgan fingerprint density at radius 1 is 1.11 bits per heavy atom. The molecule has 0 spiro atoms. The second-order valence-corrected chi connectivity index (χ2v) is 6.57. The van der Waals surface area contributed by atoms with Gasteiger partial charge in [-0.15, -0.1) is 0 Å². The predicted molar refractivity (Wildman–Crippen MR) is 115 cm³/mol. The quantitative estimate of drug-likeness (QED) is 0.556. The minimum atomic E-state index is -0.136. The van der Waals surface area contributed by atoms with Crippen molar-refractivity contribution in [2.75, 3.05) is 29.9 Å². The van der Waals surface area contributed by atoms with Crippen LogP contribution in [0.5, 0.6) is 0 Å². The van der Waals surface area contributed by atoms with Crippen LogP contribution in [0.15, 0.2) is 59.5 Å². The van der Waals surface area contributed by atoms with E-state index in [1.165, 1.54) is 11.8 Å². The van der Waals surface area contributed by atoms with Crippen LogP contribution in [0.3, 0.4) is 0 Å². The highest BCUT2D eigenvalue weighted by molar-refractivity contribution is 5.55. The highest BCUT2D eigenvalue weighted by Gasteiger charge is 2.05. The van der Waals surface area contributed by atoms with Crippen LogP contribution in [0.1, 0.15) is 26.0 Å². The molecule has 0 saturated carbocycles. The van der Waals surface area contributed by atoms with Crippen LogP contribution >= 0.6 is 0 Å². The number of hydrogen-bond acceptors (Lipinski definition) is 5. The molecule has 0 saturated heterocycles. The minimum Gasteiger partial charge on any atom is -0.372 e. The molecule has 3 rings (SSSR count). The van der Waals surface area contributed by atoms with E-state index in [0.717, 1.165) is 49.6 Å². The Labute approximate surface area is 165 Å². The average Bonchev–Trinajstić information content (AvgIpc) is 2.74. The average molecular weight is 377 g/mol. The standard InChI is InChI=1S/C22H27N5O/c1-3-18-15-21(28)26-22(25-18)17-11-12-20(24-16-17)23-13-8-14-27(4-2)19-9-6-5-7-10-19/h5-7,9-12,15-16H,3-4,8,13-14H2,1-2H3,(H,23,24)(H,25,26,28). The van der Waals surface area contributed by atoms with Gasteiger partial charge >= 0.3 is 0 Å². The molecule has 0 bridgehead atoms. The summed E-state index contributed by atoms with van der Waals surface area (Å²) in [5, 5.41) is 3.36. The van der Waals surface area contributed by atoms with E-state index in [9.17, 15) is 4.79 Å². The molecular formula is C22H27N5O.